The number of hydrogen-bond donors (Lipinski definition) is 4. The largest absolute Gasteiger partial charge is 0.395 e. The Morgan fingerprint density at radius 3 is 2.70 bits per heavy atom. The van der Waals surface area contributed by atoms with Crippen LogP contribution in [0.25, 0.3) is 10.9 Å². The third kappa shape index (κ3) is 5.66. The van der Waals surface area contributed by atoms with Gasteiger partial charge in [-0.1, -0.05) is 41.9 Å². The summed E-state index contributed by atoms with van der Waals surface area (Å²) in [5, 5.41) is 27.8. The summed E-state index contributed by atoms with van der Waals surface area (Å²) >= 11 is 5.76. The van der Waals surface area contributed by atoms with E-state index < -0.39 is 29.9 Å². The first-order valence-electron chi connectivity index (χ1n) is 10.2. The number of carbonyl (C=O) groups is 2. The van der Waals surface area contributed by atoms with E-state index in [4.69, 9.17) is 17.3 Å². The van der Waals surface area contributed by atoms with Gasteiger partial charge in [-0.15, -0.1) is 0 Å². The third-order valence-corrected chi connectivity index (χ3v) is 5.57. The molecule has 9 nitrogen and oxygen atoms in total. The van der Waals surface area contributed by atoms with Crippen molar-refractivity contribution in [2.75, 3.05) is 13.2 Å². The van der Waals surface area contributed by atoms with Gasteiger partial charge in [0.2, 0.25) is 5.91 Å². The van der Waals surface area contributed by atoms with E-state index in [0.717, 1.165) is 0 Å². The van der Waals surface area contributed by atoms with Crippen LogP contribution in [0.2, 0.25) is 5.02 Å². The summed E-state index contributed by atoms with van der Waals surface area (Å²) in [7, 11) is 0. The number of nitrogens with two attached hydrogens (primary N) is 1. The first-order chi connectivity index (χ1) is 15.7. The van der Waals surface area contributed by atoms with Crippen LogP contribution in [0.5, 0.6) is 0 Å². The van der Waals surface area contributed by atoms with Gasteiger partial charge in [-0.25, -0.2) is 4.39 Å². The van der Waals surface area contributed by atoms with Gasteiger partial charge in [0.1, 0.15) is 12.0 Å². The van der Waals surface area contributed by atoms with Crippen LogP contribution < -0.4 is 11.1 Å². The van der Waals surface area contributed by atoms with Crippen LogP contribution in [0.15, 0.2) is 42.5 Å². The fraction of sp³-hybridized carbons (Fsp3) is 0.318. The fourth-order valence-corrected chi connectivity index (χ4v) is 3.66. The van der Waals surface area contributed by atoms with Crippen LogP contribution in [-0.2, 0) is 17.9 Å². The highest BCUT2D eigenvalue weighted by Crippen LogP contribution is 2.20. The molecule has 1 heterocycles. The number of benzene rings is 2. The Morgan fingerprint density at radius 1 is 1.27 bits per heavy atom. The molecule has 2 amide bonds. The van der Waals surface area contributed by atoms with E-state index in [2.05, 4.69) is 10.4 Å². The molecule has 1 unspecified atom stereocenters. The zero-order valence-corrected chi connectivity index (χ0v) is 18.7. The molecule has 0 saturated heterocycles. The van der Waals surface area contributed by atoms with Crippen LogP contribution in [0.3, 0.4) is 0 Å². The predicted molar refractivity (Wildman–Crippen MR) is 121 cm³/mol. The standard InChI is InChI=1S/C22H25ClFN5O4/c1-13(12-30)28(10-18(31)26-9-14-5-4-7-16(23)20(14)24)19(32)11-29-17-8-3-2-6-15(17)21(27-29)22(25)33/h2-8,13,19,30,32H,9-12H2,1H3,(H2,25,33)(H,26,31)/t13-,19?/m1/s1. The number of primary amides is 1. The molecule has 0 saturated carbocycles. The number of aliphatic hydroxyl groups is 2. The number of hydrogen-bond acceptors (Lipinski definition) is 6. The second kappa shape index (κ2) is 10.7. The smallest absolute Gasteiger partial charge is 0.269 e. The number of nitrogens with zero attached hydrogens (tertiary/aromatic N) is 3. The third-order valence-electron chi connectivity index (χ3n) is 5.27. The lowest BCUT2D eigenvalue weighted by Gasteiger charge is -2.32. The van der Waals surface area contributed by atoms with E-state index >= 15 is 0 Å². The second-order valence-corrected chi connectivity index (χ2v) is 7.99. The molecule has 2 aromatic carbocycles. The quantitative estimate of drug-likeness (QED) is 0.325. The van der Waals surface area contributed by atoms with Gasteiger partial charge in [0.25, 0.3) is 5.91 Å². The van der Waals surface area contributed by atoms with Gasteiger partial charge in [0.05, 0.1) is 30.2 Å². The van der Waals surface area contributed by atoms with E-state index in [-0.39, 0.29) is 42.5 Å². The molecule has 0 spiro atoms. The van der Waals surface area contributed by atoms with Crippen molar-refractivity contribution in [3.8, 4) is 0 Å². The molecule has 0 fully saturated rings. The van der Waals surface area contributed by atoms with E-state index in [1.807, 2.05) is 0 Å². The first-order valence-corrected chi connectivity index (χ1v) is 10.6. The van der Waals surface area contributed by atoms with Gasteiger partial charge in [-0.2, -0.15) is 5.10 Å². The summed E-state index contributed by atoms with van der Waals surface area (Å²) in [5.74, 6) is -1.81. The lowest BCUT2D eigenvalue weighted by molar-refractivity contribution is -0.128. The molecule has 0 radical (unpaired) electrons. The molecule has 11 heteroatoms. The highest BCUT2D eigenvalue weighted by Gasteiger charge is 2.26. The SMILES string of the molecule is C[C@H](CO)N(CC(=O)NCc1cccc(Cl)c1F)C(O)Cn1nc(C(N)=O)c2ccccc21. The number of fused-ring (bicyclic) bond motifs is 1. The van der Waals surface area contributed by atoms with Gasteiger partial charge >= 0.3 is 0 Å². The highest BCUT2D eigenvalue weighted by atomic mass is 35.5. The second-order valence-electron chi connectivity index (χ2n) is 7.59. The molecule has 3 aromatic rings. The fourth-order valence-electron chi connectivity index (χ4n) is 3.47. The van der Waals surface area contributed by atoms with Crippen molar-refractivity contribution >= 4 is 34.3 Å². The molecule has 2 atom stereocenters. The number of aliphatic hydroxyl groups excluding tert-OH is 2. The molecule has 0 aliphatic rings. The Bertz CT molecular complexity index is 1160. The maximum absolute atomic E-state index is 14.0. The number of rotatable bonds is 10. The Balaban J connectivity index is 1.73. The summed E-state index contributed by atoms with van der Waals surface area (Å²) in [4.78, 5) is 25.6. The molecule has 0 aliphatic carbocycles. The van der Waals surface area contributed by atoms with Crippen LogP contribution in [0.4, 0.5) is 4.39 Å². The summed E-state index contributed by atoms with van der Waals surface area (Å²) < 4.78 is 15.5. The van der Waals surface area contributed by atoms with E-state index in [0.29, 0.717) is 10.9 Å². The molecule has 0 bridgehead atoms. The van der Waals surface area contributed by atoms with Crippen molar-refractivity contribution in [3.63, 3.8) is 0 Å². The molecule has 1 aromatic heterocycles. The van der Waals surface area contributed by atoms with Crippen molar-refractivity contribution in [1.82, 2.24) is 20.0 Å². The van der Waals surface area contributed by atoms with Crippen LogP contribution in [0.1, 0.15) is 23.0 Å². The molecule has 3 rings (SSSR count). The monoisotopic (exact) mass is 477 g/mol. The normalized spacial score (nSPS) is 13.3. The lowest BCUT2D eigenvalue weighted by Crippen LogP contribution is -2.50. The minimum absolute atomic E-state index is 0.0468. The van der Waals surface area contributed by atoms with Gasteiger partial charge in [-0.3, -0.25) is 19.2 Å². The molecule has 176 valence electrons. The first kappa shape index (κ1) is 24.6. The Morgan fingerprint density at radius 2 is 2.00 bits per heavy atom. The van der Waals surface area contributed by atoms with E-state index in [1.165, 1.54) is 21.7 Å². The van der Waals surface area contributed by atoms with Gasteiger partial charge in [0, 0.05) is 23.5 Å². The van der Waals surface area contributed by atoms with Gasteiger partial charge < -0.3 is 21.3 Å². The summed E-state index contributed by atoms with van der Waals surface area (Å²) in [6, 6.07) is 10.8. The van der Waals surface area contributed by atoms with Crippen molar-refractivity contribution in [2.45, 2.75) is 32.3 Å². The molecular formula is C22H25ClFN5O4. The Labute approximate surface area is 194 Å². The summed E-state index contributed by atoms with van der Waals surface area (Å²) in [6.45, 7) is 0.874. The van der Waals surface area contributed by atoms with E-state index in [9.17, 15) is 24.2 Å². The Kier molecular flexibility index (Phi) is 7.98. The zero-order chi connectivity index (χ0) is 24.1. The highest BCUT2D eigenvalue weighted by molar-refractivity contribution is 6.30. The number of para-hydroxylation sites is 1. The molecule has 5 N–H and O–H groups in total. The maximum atomic E-state index is 14.0. The Hall–Kier alpha value is -3.05. The van der Waals surface area contributed by atoms with Gasteiger partial charge in [0.15, 0.2) is 5.69 Å². The predicted octanol–water partition coefficient (Wildman–Crippen LogP) is 1.25. The number of halogens is 2. The summed E-state index contributed by atoms with van der Waals surface area (Å²) in [5.41, 5.74) is 6.29. The van der Waals surface area contributed by atoms with E-state index in [1.54, 1.807) is 37.3 Å². The van der Waals surface area contributed by atoms with Crippen molar-refractivity contribution < 1.29 is 24.2 Å². The summed E-state index contributed by atoms with van der Waals surface area (Å²) in [6.07, 6.45) is -1.23. The number of nitrogens with one attached hydrogen (secondary N) is 1. The van der Waals surface area contributed by atoms with Crippen molar-refractivity contribution in [2.24, 2.45) is 5.73 Å². The average molecular weight is 478 g/mol. The van der Waals surface area contributed by atoms with Crippen LogP contribution in [-0.4, -0.2) is 62.1 Å². The average Bonchev–Trinajstić information content (AvgIpc) is 3.16. The lowest BCUT2D eigenvalue weighted by atomic mass is 10.2. The molecule has 33 heavy (non-hydrogen) atoms. The van der Waals surface area contributed by atoms with Gasteiger partial charge in [-0.05, 0) is 19.1 Å². The molecular weight excluding hydrogens is 453 g/mol. The topological polar surface area (TPSA) is 134 Å². The number of carbonyl (C=O) groups excluding carboxylic acids is 2. The van der Waals surface area contributed by atoms with Crippen LogP contribution >= 0.6 is 11.6 Å². The van der Waals surface area contributed by atoms with Crippen molar-refractivity contribution in [1.29, 1.82) is 0 Å². The molecule has 0 aliphatic heterocycles. The zero-order valence-electron chi connectivity index (χ0n) is 17.9. The maximum Gasteiger partial charge on any atom is 0.269 e. The minimum atomic E-state index is -1.23. The minimum Gasteiger partial charge on any atom is -0.395 e. The number of aromatic nitrogens is 2. The van der Waals surface area contributed by atoms with Crippen molar-refractivity contribution in [3.05, 3.63) is 64.6 Å². The number of amides is 2. The van der Waals surface area contributed by atoms with Crippen LogP contribution in [0, 0.1) is 5.82 Å².